The van der Waals surface area contributed by atoms with Crippen LogP contribution in [-0.2, 0) is 18.3 Å². The number of aromatic nitrogens is 2. The number of nitrogens with one attached hydrogen (secondary N) is 1. The molecule has 1 heterocycles. The molecule has 1 aromatic heterocycles. The average molecular weight is 287 g/mol. The van der Waals surface area contributed by atoms with Crippen molar-refractivity contribution in [3.63, 3.8) is 0 Å². The van der Waals surface area contributed by atoms with Crippen molar-refractivity contribution in [1.29, 1.82) is 0 Å². The third-order valence-corrected chi connectivity index (χ3v) is 3.27. The second-order valence-electron chi connectivity index (χ2n) is 4.83. The molecule has 0 radical (unpaired) electrons. The summed E-state index contributed by atoms with van der Waals surface area (Å²) in [5, 5.41) is 15.8. The van der Waals surface area contributed by atoms with E-state index in [1.54, 1.807) is 29.9 Å². The van der Waals surface area contributed by atoms with Crippen molar-refractivity contribution in [2.45, 2.75) is 19.8 Å². The largest absolute Gasteiger partial charge is 0.478 e. The van der Waals surface area contributed by atoms with Crippen LogP contribution in [0.15, 0.2) is 30.5 Å². The molecule has 2 aromatic rings. The van der Waals surface area contributed by atoms with Crippen LogP contribution in [0.5, 0.6) is 0 Å². The molecule has 0 aliphatic rings. The topological polar surface area (TPSA) is 84.2 Å². The molecule has 0 fully saturated rings. The highest BCUT2D eigenvalue weighted by atomic mass is 16.4. The number of anilines is 1. The maximum absolute atomic E-state index is 11.9. The summed E-state index contributed by atoms with van der Waals surface area (Å²) in [5.74, 6) is -1.08. The van der Waals surface area contributed by atoms with Gasteiger partial charge in [0.25, 0.3) is 0 Å². The Kier molecular flexibility index (Phi) is 4.37. The lowest BCUT2D eigenvalue weighted by molar-refractivity contribution is -0.116. The van der Waals surface area contributed by atoms with Gasteiger partial charge < -0.3 is 10.4 Å². The summed E-state index contributed by atoms with van der Waals surface area (Å²) in [7, 11) is 1.83. The minimum atomic E-state index is -0.971. The van der Waals surface area contributed by atoms with E-state index in [-0.39, 0.29) is 11.5 Å². The standard InChI is InChI=1S/C15H17N3O3/c1-10-9-11(3-5-13(10)15(20)21)17-14(19)6-4-12-7-8-16-18(12)2/h3,5,7-9H,4,6H2,1-2H3,(H,17,19)(H,20,21). The molecule has 0 spiro atoms. The van der Waals surface area contributed by atoms with Gasteiger partial charge in [-0.15, -0.1) is 0 Å². The number of benzene rings is 1. The van der Waals surface area contributed by atoms with Gasteiger partial charge in [0.15, 0.2) is 0 Å². The second kappa shape index (κ2) is 6.21. The fraction of sp³-hybridized carbons (Fsp3) is 0.267. The molecule has 6 heteroatoms. The molecule has 1 amide bonds. The van der Waals surface area contributed by atoms with Crippen molar-refractivity contribution in [2.75, 3.05) is 5.32 Å². The second-order valence-corrected chi connectivity index (χ2v) is 4.83. The van der Waals surface area contributed by atoms with Gasteiger partial charge in [0, 0.05) is 31.0 Å². The SMILES string of the molecule is Cc1cc(NC(=O)CCc2ccnn2C)ccc1C(=O)O. The van der Waals surface area contributed by atoms with E-state index in [2.05, 4.69) is 10.4 Å². The van der Waals surface area contributed by atoms with Gasteiger partial charge in [0.05, 0.1) is 5.56 Å². The number of amides is 1. The van der Waals surface area contributed by atoms with Gasteiger partial charge in [-0.1, -0.05) is 0 Å². The lowest BCUT2D eigenvalue weighted by atomic mass is 10.1. The van der Waals surface area contributed by atoms with Crippen LogP contribution in [0, 0.1) is 6.92 Å². The summed E-state index contributed by atoms with van der Waals surface area (Å²) in [6.45, 7) is 1.70. The maximum atomic E-state index is 11.9. The van der Waals surface area contributed by atoms with Gasteiger partial charge in [-0.3, -0.25) is 9.48 Å². The summed E-state index contributed by atoms with van der Waals surface area (Å²) in [4.78, 5) is 22.8. The Morgan fingerprint density at radius 3 is 2.67 bits per heavy atom. The van der Waals surface area contributed by atoms with Crippen LogP contribution in [0.1, 0.15) is 28.0 Å². The summed E-state index contributed by atoms with van der Waals surface area (Å²) >= 11 is 0. The van der Waals surface area contributed by atoms with Crippen LogP contribution in [-0.4, -0.2) is 26.8 Å². The first-order chi connectivity index (χ1) is 9.97. The van der Waals surface area contributed by atoms with Gasteiger partial charge in [-0.25, -0.2) is 4.79 Å². The van der Waals surface area contributed by atoms with Crippen LogP contribution < -0.4 is 5.32 Å². The van der Waals surface area contributed by atoms with Gasteiger partial charge in [0.1, 0.15) is 0 Å². The number of carboxylic acid groups (broad SMARTS) is 1. The van der Waals surface area contributed by atoms with Crippen molar-refractivity contribution >= 4 is 17.6 Å². The van der Waals surface area contributed by atoms with Gasteiger partial charge in [0.2, 0.25) is 5.91 Å². The van der Waals surface area contributed by atoms with E-state index in [1.165, 1.54) is 6.07 Å². The monoisotopic (exact) mass is 287 g/mol. The van der Waals surface area contributed by atoms with Crippen LogP contribution in [0.25, 0.3) is 0 Å². The van der Waals surface area contributed by atoms with Gasteiger partial charge in [-0.2, -0.15) is 5.10 Å². The molecule has 0 atom stereocenters. The Morgan fingerprint density at radius 2 is 2.10 bits per heavy atom. The Hall–Kier alpha value is -2.63. The van der Waals surface area contributed by atoms with E-state index in [9.17, 15) is 9.59 Å². The Balaban J connectivity index is 1.95. The minimum absolute atomic E-state index is 0.112. The molecule has 0 unspecified atom stereocenters. The molecule has 2 N–H and O–H groups in total. The van der Waals surface area contributed by atoms with Crippen molar-refractivity contribution in [1.82, 2.24) is 9.78 Å². The first-order valence-corrected chi connectivity index (χ1v) is 6.58. The highest BCUT2D eigenvalue weighted by Gasteiger charge is 2.09. The highest BCUT2D eigenvalue weighted by molar-refractivity contribution is 5.93. The van der Waals surface area contributed by atoms with Crippen molar-refractivity contribution in [3.8, 4) is 0 Å². The predicted octanol–water partition coefficient (Wildman–Crippen LogP) is 2.00. The number of aromatic carboxylic acids is 1. The zero-order chi connectivity index (χ0) is 15.4. The van der Waals surface area contributed by atoms with Crippen LogP contribution in [0.4, 0.5) is 5.69 Å². The number of hydrogen-bond acceptors (Lipinski definition) is 3. The Morgan fingerprint density at radius 1 is 1.33 bits per heavy atom. The van der Waals surface area contributed by atoms with Gasteiger partial charge in [-0.05, 0) is 43.2 Å². The fourth-order valence-corrected chi connectivity index (χ4v) is 2.09. The summed E-state index contributed by atoms with van der Waals surface area (Å²) in [6.07, 6.45) is 2.65. The third-order valence-electron chi connectivity index (χ3n) is 3.27. The van der Waals surface area contributed by atoms with E-state index in [1.807, 2.05) is 13.1 Å². The van der Waals surface area contributed by atoms with Crippen molar-refractivity contribution in [3.05, 3.63) is 47.3 Å². The first-order valence-electron chi connectivity index (χ1n) is 6.58. The molecule has 110 valence electrons. The highest BCUT2D eigenvalue weighted by Crippen LogP contribution is 2.15. The molecule has 0 saturated carbocycles. The number of aryl methyl sites for hydroxylation is 3. The number of hydrogen-bond donors (Lipinski definition) is 2. The number of carbonyl (C=O) groups is 2. The van der Waals surface area contributed by atoms with Crippen LogP contribution >= 0.6 is 0 Å². The molecule has 2 rings (SSSR count). The van der Waals surface area contributed by atoms with Gasteiger partial charge >= 0.3 is 5.97 Å². The quantitative estimate of drug-likeness (QED) is 0.881. The van der Waals surface area contributed by atoms with E-state index in [0.717, 1.165) is 5.69 Å². The number of rotatable bonds is 5. The van der Waals surface area contributed by atoms with E-state index in [4.69, 9.17) is 5.11 Å². The fourth-order valence-electron chi connectivity index (χ4n) is 2.09. The maximum Gasteiger partial charge on any atom is 0.335 e. The summed E-state index contributed by atoms with van der Waals surface area (Å²) in [6, 6.07) is 6.62. The molecule has 0 bridgehead atoms. The Labute approximate surface area is 122 Å². The smallest absolute Gasteiger partial charge is 0.335 e. The predicted molar refractivity (Wildman–Crippen MR) is 78.3 cm³/mol. The molecule has 0 aliphatic heterocycles. The average Bonchev–Trinajstić information content (AvgIpc) is 2.81. The zero-order valence-electron chi connectivity index (χ0n) is 12.0. The lowest BCUT2D eigenvalue weighted by Gasteiger charge is -2.08. The third kappa shape index (κ3) is 3.68. The van der Waals surface area contributed by atoms with E-state index in [0.29, 0.717) is 24.1 Å². The lowest BCUT2D eigenvalue weighted by Crippen LogP contribution is -2.13. The normalized spacial score (nSPS) is 10.4. The van der Waals surface area contributed by atoms with Crippen LogP contribution in [0.2, 0.25) is 0 Å². The summed E-state index contributed by atoms with van der Waals surface area (Å²) in [5.41, 5.74) is 2.45. The molecule has 6 nitrogen and oxygen atoms in total. The molecule has 0 saturated heterocycles. The van der Waals surface area contributed by atoms with E-state index >= 15 is 0 Å². The minimum Gasteiger partial charge on any atom is -0.478 e. The molecular formula is C15H17N3O3. The van der Waals surface area contributed by atoms with Crippen molar-refractivity contribution < 1.29 is 14.7 Å². The summed E-state index contributed by atoms with van der Waals surface area (Å²) < 4.78 is 1.74. The van der Waals surface area contributed by atoms with E-state index < -0.39 is 5.97 Å². The zero-order valence-corrected chi connectivity index (χ0v) is 12.0. The number of carbonyl (C=O) groups excluding carboxylic acids is 1. The Bertz CT molecular complexity index is 677. The molecule has 0 aliphatic carbocycles. The van der Waals surface area contributed by atoms with Crippen molar-refractivity contribution in [2.24, 2.45) is 7.05 Å². The first kappa shape index (κ1) is 14.8. The number of carboxylic acids is 1. The van der Waals surface area contributed by atoms with Crippen LogP contribution in [0.3, 0.4) is 0 Å². The molecular weight excluding hydrogens is 270 g/mol. The molecule has 21 heavy (non-hydrogen) atoms. The number of nitrogens with zero attached hydrogens (tertiary/aromatic N) is 2. The molecule has 1 aromatic carbocycles.